The molecule has 1 amide bonds. The SMILES string of the molecule is CC(C)CNc1nc(SC(C)C)nc2c1cnn2CCNC(=O)CCC1CCCC1. The summed E-state index contributed by atoms with van der Waals surface area (Å²) in [6.45, 7) is 10.6. The molecule has 166 valence electrons. The Hall–Kier alpha value is -1.83. The van der Waals surface area contributed by atoms with Crippen LogP contribution in [0, 0.1) is 11.8 Å². The fourth-order valence-electron chi connectivity index (χ4n) is 3.82. The Morgan fingerprint density at radius 1 is 1.23 bits per heavy atom. The molecule has 0 radical (unpaired) electrons. The average molecular weight is 433 g/mol. The summed E-state index contributed by atoms with van der Waals surface area (Å²) in [6, 6.07) is 0. The van der Waals surface area contributed by atoms with E-state index in [-0.39, 0.29) is 5.91 Å². The minimum absolute atomic E-state index is 0.142. The second kappa shape index (κ2) is 11.0. The van der Waals surface area contributed by atoms with Gasteiger partial charge in [0.05, 0.1) is 18.1 Å². The van der Waals surface area contributed by atoms with Crippen molar-refractivity contribution in [1.29, 1.82) is 0 Å². The van der Waals surface area contributed by atoms with Crippen LogP contribution in [0.5, 0.6) is 0 Å². The van der Waals surface area contributed by atoms with Crippen molar-refractivity contribution >= 4 is 34.5 Å². The Labute approximate surface area is 184 Å². The van der Waals surface area contributed by atoms with Gasteiger partial charge >= 0.3 is 0 Å². The molecule has 3 rings (SSSR count). The monoisotopic (exact) mass is 432 g/mol. The van der Waals surface area contributed by atoms with Crippen molar-refractivity contribution in [3.8, 4) is 0 Å². The van der Waals surface area contributed by atoms with E-state index in [0.29, 0.717) is 30.7 Å². The normalized spacial score (nSPS) is 14.9. The van der Waals surface area contributed by atoms with Crippen LogP contribution in [0.25, 0.3) is 11.0 Å². The molecule has 1 aliphatic rings. The van der Waals surface area contributed by atoms with Gasteiger partial charge in [-0.15, -0.1) is 0 Å². The lowest BCUT2D eigenvalue weighted by molar-refractivity contribution is -0.121. The summed E-state index contributed by atoms with van der Waals surface area (Å²) in [7, 11) is 0. The summed E-state index contributed by atoms with van der Waals surface area (Å²) >= 11 is 1.65. The second-order valence-corrected chi connectivity index (χ2v) is 10.5. The molecule has 0 unspecified atom stereocenters. The van der Waals surface area contributed by atoms with Crippen LogP contribution >= 0.6 is 11.8 Å². The Kier molecular flexibility index (Phi) is 8.36. The molecule has 7 nitrogen and oxygen atoms in total. The molecule has 2 heterocycles. The average Bonchev–Trinajstić information content (AvgIpc) is 3.34. The van der Waals surface area contributed by atoms with Gasteiger partial charge < -0.3 is 10.6 Å². The molecule has 1 aliphatic carbocycles. The highest BCUT2D eigenvalue weighted by Crippen LogP contribution is 2.28. The zero-order valence-corrected chi connectivity index (χ0v) is 19.6. The number of fused-ring (bicyclic) bond motifs is 1. The van der Waals surface area contributed by atoms with Gasteiger partial charge in [-0.3, -0.25) is 4.79 Å². The highest BCUT2D eigenvalue weighted by atomic mass is 32.2. The summed E-state index contributed by atoms with van der Waals surface area (Å²) < 4.78 is 1.87. The van der Waals surface area contributed by atoms with E-state index >= 15 is 0 Å². The van der Waals surface area contributed by atoms with E-state index in [1.807, 2.05) is 10.9 Å². The minimum Gasteiger partial charge on any atom is -0.369 e. The number of carbonyl (C=O) groups is 1. The fourth-order valence-corrected chi connectivity index (χ4v) is 4.53. The summed E-state index contributed by atoms with van der Waals surface area (Å²) in [4.78, 5) is 21.7. The number of hydrogen-bond donors (Lipinski definition) is 2. The number of anilines is 1. The first-order chi connectivity index (χ1) is 14.4. The standard InChI is InChI=1S/C22H36N6OS/c1-15(2)13-24-20-18-14-25-28(21(18)27-22(26-20)30-16(3)4)12-11-23-19(29)10-9-17-7-5-6-8-17/h14-17H,5-13H2,1-4H3,(H,23,29)(H,24,26,27). The van der Waals surface area contributed by atoms with Gasteiger partial charge in [-0.2, -0.15) is 5.10 Å². The van der Waals surface area contributed by atoms with Crippen molar-refractivity contribution in [3.63, 3.8) is 0 Å². The van der Waals surface area contributed by atoms with E-state index in [0.717, 1.165) is 40.9 Å². The number of nitrogens with one attached hydrogen (secondary N) is 2. The number of amides is 1. The van der Waals surface area contributed by atoms with Crippen LogP contribution in [0.1, 0.15) is 66.2 Å². The predicted molar refractivity (Wildman–Crippen MR) is 124 cm³/mol. The number of thioether (sulfide) groups is 1. The third kappa shape index (κ3) is 6.59. The van der Waals surface area contributed by atoms with Gasteiger partial charge in [0.15, 0.2) is 10.8 Å². The summed E-state index contributed by atoms with van der Waals surface area (Å²) in [5.41, 5.74) is 0.819. The molecule has 1 fully saturated rings. The molecule has 2 N–H and O–H groups in total. The molecule has 0 saturated heterocycles. The molecule has 0 bridgehead atoms. The highest BCUT2D eigenvalue weighted by Gasteiger charge is 2.17. The number of rotatable bonds is 11. The smallest absolute Gasteiger partial charge is 0.220 e. The molecule has 0 aliphatic heterocycles. The molecule has 2 aromatic heterocycles. The quantitative estimate of drug-likeness (QED) is 0.402. The van der Waals surface area contributed by atoms with E-state index in [4.69, 9.17) is 9.97 Å². The molecule has 8 heteroatoms. The van der Waals surface area contributed by atoms with Gasteiger partial charge in [0.25, 0.3) is 0 Å². The van der Waals surface area contributed by atoms with Gasteiger partial charge in [0, 0.05) is 24.8 Å². The van der Waals surface area contributed by atoms with Crippen LogP contribution in [0.3, 0.4) is 0 Å². The summed E-state index contributed by atoms with van der Waals surface area (Å²) in [5, 5.41) is 13.1. The topological polar surface area (TPSA) is 84.7 Å². The van der Waals surface area contributed by atoms with E-state index in [1.54, 1.807) is 11.8 Å². The van der Waals surface area contributed by atoms with Crippen LogP contribution in [-0.2, 0) is 11.3 Å². The van der Waals surface area contributed by atoms with Gasteiger partial charge in [0.1, 0.15) is 5.82 Å². The largest absolute Gasteiger partial charge is 0.369 e. The summed E-state index contributed by atoms with van der Waals surface area (Å²) in [5.74, 6) is 2.24. The Morgan fingerprint density at radius 3 is 2.70 bits per heavy atom. The molecule has 0 atom stereocenters. The molecular weight excluding hydrogens is 396 g/mol. The molecule has 1 saturated carbocycles. The maximum absolute atomic E-state index is 12.2. The number of hydrogen-bond acceptors (Lipinski definition) is 6. The maximum atomic E-state index is 12.2. The summed E-state index contributed by atoms with van der Waals surface area (Å²) in [6.07, 6.45) is 8.70. The van der Waals surface area contributed by atoms with Crippen molar-refractivity contribution in [2.75, 3.05) is 18.4 Å². The van der Waals surface area contributed by atoms with E-state index in [2.05, 4.69) is 43.4 Å². The zero-order valence-electron chi connectivity index (χ0n) is 18.8. The van der Waals surface area contributed by atoms with Crippen molar-refractivity contribution < 1.29 is 4.79 Å². The van der Waals surface area contributed by atoms with Gasteiger partial charge in [-0.1, -0.05) is 65.1 Å². The molecule has 0 aromatic carbocycles. The van der Waals surface area contributed by atoms with Crippen molar-refractivity contribution in [2.45, 2.75) is 83.2 Å². The first-order valence-electron chi connectivity index (χ1n) is 11.3. The third-order valence-corrected chi connectivity index (χ3v) is 6.26. The molecule has 30 heavy (non-hydrogen) atoms. The molecule has 0 spiro atoms. The third-order valence-electron chi connectivity index (χ3n) is 5.39. The van der Waals surface area contributed by atoms with Crippen LogP contribution in [-0.4, -0.2) is 44.0 Å². The van der Waals surface area contributed by atoms with Crippen molar-refractivity contribution in [2.24, 2.45) is 11.8 Å². The lowest BCUT2D eigenvalue weighted by Gasteiger charge is -2.12. The number of aromatic nitrogens is 4. The zero-order chi connectivity index (χ0) is 21.5. The maximum Gasteiger partial charge on any atom is 0.220 e. The van der Waals surface area contributed by atoms with E-state index in [1.165, 1.54) is 25.7 Å². The minimum atomic E-state index is 0.142. The van der Waals surface area contributed by atoms with E-state index < -0.39 is 0 Å². The first kappa shape index (κ1) is 22.8. The Bertz CT molecular complexity index is 828. The van der Waals surface area contributed by atoms with Crippen molar-refractivity contribution in [1.82, 2.24) is 25.1 Å². The highest BCUT2D eigenvalue weighted by molar-refractivity contribution is 7.99. The van der Waals surface area contributed by atoms with Crippen LogP contribution < -0.4 is 10.6 Å². The fraction of sp³-hybridized carbons (Fsp3) is 0.727. The second-order valence-electron chi connectivity index (χ2n) is 8.94. The Balaban J connectivity index is 1.63. The lowest BCUT2D eigenvalue weighted by Crippen LogP contribution is -2.27. The first-order valence-corrected chi connectivity index (χ1v) is 12.2. The number of carbonyl (C=O) groups excluding carboxylic acids is 1. The predicted octanol–water partition coefficient (Wildman–Crippen LogP) is 4.48. The van der Waals surface area contributed by atoms with Crippen LogP contribution in [0.2, 0.25) is 0 Å². The van der Waals surface area contributed by atoms with Gasteiger partial charge in [0.2, 0.25) is 5.91 Å². The molecule has 2 aromatic rings. The van der Waals surface area contributed by atoms with Crippen LogP contribution in [0.15, 0.2) is 11.4 Å². The Morgan fingerprint density at radius 2 is 2.00 bits per heavy atom. The number of nitrogens with zero attached hydrogens (tertiary/aromatic N) is 4. The lowest BCUT2D eigenvalue weighted by atomic mass is 10.0. The van der Waals surface area contributed by atoms with E-state index in [9.17, 15) is 4.79 Å². The van der Waals surface area contributed by atoms with Gasteiger partial charge in [-0.25, -0.2) is 14.6 Å². The molecular formula is C22H36N6OS. The van der Waals surface area contributed by atoms with Crippen molar-refractivity contribution in [3.05, 3.63) is 6.20 Å². The van der Waals surface area contributed by atoms with Gasteiger partial charge in [-0.05, 0) is 18.3 Å². The van der Waals surface area contributed by atoms with Crippen LogP contribution in [0.4, 0.5) is 5.82 Å².